The Labute approximate surface area is 90.0 Å². The average molecular weight is 195 g/mol. The Morgan fingerprint density at radius 2 is 1.73 bits per heavy atom. The first-order chi connectivity index (χ1) is 7.33. The summed E-state index contributed by atoms with van der Waals surface area (Å²) in [6, 6.07) is 11.0. The Morgan fingerprint density at radius 1 is 1.13 bits per heavy atom. The van der Waals surface area contributed by atoms with E-state index in [0.717, 1.165) is 12.0 Å². The summed E-state index contributed by atoms with van der Waals surface area (Å²) in [6.45, 7) is 2.13. The van der Waals surface area contributed by atoms with Crippen LogP contribution in [0.4, 0.5) is 0 Å². The third-order valence-electron chi connectivity index (χ3n) is 3.91. The number of fused-ring (bicyclic) bond motifs is 1. The molecule has 0 heterocycles. The van der Waals surface area contributed by atoms with Crippen molar-refractivity contribution < 1.29 is 0 Å². The minimum atomic E-state index is 0.385. The highest BCUT2D eigenvalue weighted by Gasteiger charge is 2.37. The summed E-state index contributed by atoms with van der Waals surface area (Å²) in [4.78, 5) is 0. The molecule has 2 unspecified atom stereocenters. The predicted octanol–water partition coefficient (Wildman–Crippen LogP) is 3.50. The molecular weight excluding hydrogens is 182 g/mol. The lowest BCUT2D eigenvalue weighted by Gasteiger charge is -2.38. The first-order valence-electron chi connectivity index (χ1n) is 5.52. The summed E-state index contributed by atoms with van der Waals surface area (Å²) in [5.41, 5.74) is 5.21. The Balaban J connectivity index is 2.26. The van der Waals surface area contributed by atoms with Gasteiger partial charge in [-0.05, 0) is 30.9 Å². The van der Waals surface area contributed by atoms with Crippen molar-refractivity contribution in [1.82, 2.24) is 0 Å². The minimum Gasteiger partial charge on any atom is -0.193 e. The van der Waals surface area contributed by atoms with Crippen LogP contribution < -0.4 is 0 Å². The molecule has 1 nitrogen and oxygen atoms in total. The van der Waals surface area contributed by atoms with Gasteiger partial charge in [-0.3, -0.25) is 0 Å². The molecule has 0 amide bonds. The zero-order chi connectivity index (χ0) is 10.4. The maximum atomic E-state index is 9.20. The molecule has 0 radical (unpaired) electrons. The van der Waals surface area contributed by atoms with Crippen molar-refractivity contribution in [2.75, 3.05) is 0 Å². The molecule has 1 aromatic rings. The van der Waals surface area contributed by atoms with Crippen molar-refractivity contribution in [2.45, 2.75) is 31.6 Å². The van der Waals surface area contributed by atoms with Gasteiger partial charge in [-0.2, -0.15) is 5.26 Å². The van der Waals surface area contributed by atoms with Crippen molar-refractivity contribution in [3.05, 3.63) is 46.5 Å². The largest absolute Gasteiger partial charge is 0.193 e. The maximum Gasteiger partial charge on any atom is 0.0953 e. The van der Waals surface area contributed by atoms with Gasteiger partial charge in [0, 0.05) is 17.4 Å². The van der Waals surface area contributed by atoms with Crippen molar-refractivity contribution in [1.29, 1.82) is 5.26 Å². The monoisotopic (exact) mass is 195 g/mol. The number of benzene rings is 1. The quantitative estimate of drug-likeness (QED) is 0.621. The van der Waals surface area contributed by atoms with Gasteiger partial charge in [-0.25, -0.2) is 0 Å². The van der Waals surface area contributed by atoms with Crippen LogP contribution in [0.15, 0.2) is 35.4 Å². The van der Waals surface area contributed by atoms with Crippen molar-refractivity contribution >= 4 is 0 Å². The summed E-state index contributed by atoms with van der Waals surface area (Å²) >= 11 is 0. The summed E-state index contributed by atoms with van der Waals surface area (Å²) in [6.07, 6.45) is 2.38. The smallest absolute Gasteiger partial charge is 0.0953 e. The molecule has 15 heavy (non-hydrogen) atoms. The Bertz CT molecular complexity index is 490. The van der Waals surface area contributed by atoms with Crippen LogP contribution in [0.2, 0.25) is 0 Å². The summed E-state index contributed by atoms with van der Waals surface area (Å²) in [7, 11) is 0. The number of nitriles is 1. The molecule has 1 aromatic carbocycles. The van der Waals surface area contributed by atoms with Gasteiger partial charge in [-0.1, -0.05) is 29.8 Å². The third-order valence-corrected chi connectivity index (χ3v) is 3.91. The molecule has 0 fully saturated rings. The van der Waals surface area contributed by atoms with E-state index < -0.39 is 0 Å². The molecule has 4 rings (SSSR count). The van der Waals surface area contributed by atoms with E-state index in [-0.39, 0.29) is 0 Å². The van der Waals surface area contributed by atoms with E-state index in [4.69, 9.17) is 0 Å². The van der Waals surface area contributed by atoms with Gasteiger partial charge in [0.15, 0.2) is 0 Å². The van der Waals surface area contributed by atoms with Crippen LogP contribution in [0.3, 0.4) is 0 Å². The Morgan fingerprint density at radius 3 is 2.40 bits per heavy atom. The number of rotatable bonds is 0. The first-order valence-corrected chi connectivity index (χ1v) is 5.52. The second-order valence-corrected chi connectivity index (χ2v) is 4.52. The molecule has 2 bridgehead atoms. The van der Waals surface area contributed by atoms with Crippen molar-refractivity contribution in [3.8, 4) is 6.07 Å². The molecule has 74 valence electrons. The summed E-state index contributed by atoms with van der Waals surface area (Å²) in [5.74, 6) is 0.900. The molecule has 1 heteroatoms. The zero-order valence-corrected chi connectivity index (χ0v) is 8.83. The molecular formula is C14H13N. The summed E-state index contributed by atoms with van der Waals surface area (Å²) < 4.78 is 0. The van der Waals surface area contributed by atoms with Crippen LogP contribution in [0.25, 0.3) is 0 Å². The molecule has 0 saturated heterocycles. The number of hydrogen-bond acceptors (Lipinski definition) is 1. The van der Waals surface area contributed by atoms with E-state index in [1.165, 1.54) is 23.1 Å². The molecule has 0 aromatic heterocycles. The van der Waals surface area contributed by atoms with Gasteiger partial charge in [0.1, 0.15) is 0 Å². The fraction of sp³-hybridized carbons (Fsp3) is 0.357. The molecule has 3 aliphatic rings. The highest BCUT2D eigenvalue weighted by atomic mass is 14.4. The van der Waals surface area contributed by atoms with Crippen molar-refractivity contribution in [2.24, 2.45) is 0 Å². The number of nitrogens with zero attached hydrogens (tertiary/aromatic N) is 1. The average Bonchev–Trinajstić information content (AvgIpc) is 2.30. The normalized spacial score (nSPS) is 27.5. The number of allylic oxidation sites excluding steroid dienone is 2. The van der Waals surface area contributed by atoms with Gasteiger partial charge in [0.2, 0.25) is 0 Å². The second kappa shape index (κ2) is 2.97. The van der Waals surface area contributed by atoms with E-state index in [1.807, 2.05) is 0 Å². The van der Waals surface area contributed by atoms with Crippen LogP contribution in [0, 0.1) is 11.3 Å². The maximum absolute atomic E-state index is 9.20. The zero-order valence-electron chi connectivity index (χ0n) is 8.83. The van der Waals surface area contributed by atoms with Gasteiger partial charge >= 0.3 is 0 Å². The van der Waals surface area contributed by atoms with Gasteiger partial charge in [-0.15, -0.1) is 0 Å². The standard InChI is InChI=1S/C14H13N/c1-9-10-6-7-13(14(9)8-15)12-5-3-2-4-11(10)12/h2-5,10,13H,6-7H2,1H3. The van der Waals surface area contributed by atoms with Gasteiger partial charge in [0.05, 0.1) is 6.07 Å². The topological polar surface area (TPSA) is 23.8 Å². The van der Waals surface area contributed by atoms with Crippen LogP contribution in [0.5, 0.6) is 0 Å². The van der Waals surface area contributed by atoms with E-state index >= 15 is 0 Å². The molecule has 0 spiro atoms. The predicted molar refractivity (Wildman–Crippen MR) is 59.5 cm³/mol. The lowest BCUT2D eigenvalue weighted by molar-refractivity contribution is 0.516. The SMILES string of the molecule is CC1=C(C#N)C2CCC1c1ccccc12. The van der Waals surface area contributed by atoms with Gasteiger partial charge < -0.3 is 0 Å². The minimum absolute atomic E-state index is 0.385. The Kier molecular flexibility index (Phi) is 1.73. The fourth-order valence-electron chi connectivity index (χ4n) is 3.17. The molecule has 3 aliphatic carbocycles. The van der Waals surface area contributed by atoms with Crippen LogP contribution in [-0.4, -0.2) is 0 Å². The molecule has 0 N–H and O–H groups in total. The fourth-order valence-corrected chi connectivity index (χ4v) is 3.17. The molecule has 2 atom stereocenters. The van der Waals surface area contributed by atoms with Crippen LogP contribution in [-0.2, 0) is 0 Å². The van der Waals surface area contributed by atoms with Crippen molar-refractivity contribution in [3.63, 3.8) is 0 Å². The van der Waals surface area contributed by atoms with E-state index in [1.54, 1.807) is 0 Å². The molecule has 0 aliphatic heterocycles. The van der Waals surface area contributed by atoms with E-state index in [2.05, 4.69) is 37.3 Å². The third kappa shape index (κ3) is 1.02. The highest BCUT2D eigenvalue weighted by molar-refractivity contribution is 5.54. The summed E-state index contributed by atoms with van der Waals surface area (Å²) in [5, 5.41) is 9.20. The van der Waals surface area contributed by atoms with Crippen LogP contribution in [0.1, 0.15) is 42.7 Å². The number of hydrogen-bond donors (Lipinski definition) is 0. The highest BCUT2D eigenvalue weighted by Crippen LogP contribution is 2.51. The van der Waals surface area contributed by atoms with E-state index in [9.17, 15) is 5.26 Å². The van der Waals surface area contributed by atoms with Crippen LogP contribution >= 0.6 is 0 Å². The lowest BCUT2D eigenvalue weighted by atomic mass is 9.64. The van der Waals surface area contributed by atoms with Gasteiger partial charge in [0.25, 0.3) is 0 Å². The Hall–Kier alpha value is -1.55. The first kappa shape index (κ1) is 8.73. The van der Waals surface area contributed by atoms with E-state index in [0.29, 0.717) is 11.8 Å². The second-order valence-electron chi connectivity index (χ2n) is 4.52. The lowest BCUT2D eigenvalue weighted by Crippen LogP contribution is -2.23. The molecule has 0 saturated carbocycles.